The van der Waals surface area contributed by atoms with Gasteiger partial charge in [0.25, 0.3) is 0 Å². The number of nitrogens with zero attached hydrogens (tertiary/aromatic N) is 2. The lowest BCUT2D eigenvalue weighted by Gasteiger charge is -2.07. The van der Waals surface area contributed by atoms with Crippen LogP contribution >= 0.6 is 0 Å². The molecule has 0 fully saturated rings. The van der Waals surface area contributed by atoms with Gasteiger partial charge in [-0.05, 0) is 60.9 Å². The van der Waals surface area contributed by atoms with Crippen LogP contribution < -0.4 is 14.2 Å². The zero-order valence-electron chi connectivity index (χ0n) is 21.2. The number of hydrogen-bond donors (Lipinski definition) is 0. The topological polar surface area (TPSA) is 70.5 Å². The van der Waals surface area contributed by atoms with E-state index in [1.54, 1.807) is 30.3 Å². The smallest absolute Gasteiger partial charge is 0.343 e. The Morgan fingerprint density at radius 1 is 0.806 bits per heavy atom. The molecule has 0 amide bonds. The van der Waals surface area contributed by atoms with Crippen molar-refractivity contribution in [3.8, 4) is 28.6 Å². The standard InChI is InChI=1S/C30H36N2O4/c1-2-3-4-5-6-7-8-9-10-11-12-23-20-31-29(32-21-23)24-13-16-26(17-14-24)36-30(33)25-15-18-27-28(19-25)35-22-34-27/h13-21H,2-12,22H2,1H3. The van der Waals surface area contributed by atoms with Crippen molar-refractivity contribution in [2.24, 2.45) is 0 Å². The third kappa shape index (κ3) is 7.54. The van der Waals surface area contributed by atoms with Crippen LogP contribution in [0.15, 0.2) is 54.9 Å². The molecule has 0 radical (unpaired) electrons. The van der Waals surface area contributed by atoms with E-state index in [-0.39, 0.29) is 6.79 Å². The molecule has 0 saturated carbocycles. The summed E-state index contributed by atoms with van der Waals surface area (Å²) in [7, 11) is 0. The van der Waals surface area contributed by atoms with Gasteiger partial charge in [0, 0.05) is 18.0 Å². The lowest BCUT2D eigenvalue weighted by molar-refractivity contribution is 0.0734. The second-order valence-corrected chi connectivity index (χ2v) is 9.33. The number of fused-ring (bicyclic) bond motifs is 1. The van der Waals surface area contributed by atoms with Gasteiger partial charge in [-0.3, -0.25) is 0 Å². The van der Waals surface area contributed by atoms with Crippen LogP contribution in [0, 0.1) is 0 Å². The van der Waals surface area contributed by atoms with Gasteiger partial charge < -0.3 is 14.2 Å². The summed E-state index contributed by atoms with van der Waals surface area (Å²) in [4.78, 5) is 21.6. The molecule has 0 saturated heterocycles. The molecule has 4 rings (SSSR count). The minimum absolute atomic E-state index is 0.164. The highest BCUT2D eigenvalue weighted by molar-refractivity contribution is 5.92. The Kier molecular flexibility index (Phi) is 9.71. The predicted molar refractivity (Wildman–Crippen MR) is 141 cm³/mol. The van der Waals surface area contributed by atoms with Crippen LogP contribution in [0.25, 0.3) is 11.4 Å². The van der Waals surface area contributed by atoms with Gasteiger partial charge in [-0.2, -0.15) is 0 Å². The molecule has 6 heteroatoms. The summed E-state index contributed by atoms with van der Waals surface area (Å²) >= 11 is 0. The number of esters is 1. The molecule has 3 aromatic rings. The zero-order chi connectivity index (χ0) is 25.0. The lowest BCUT2D eigenvalue weighted by Crippen LogP contribution is -2.08. The Labute approximate surface area is 214 Å². The number of hydrogen-bond acceptors (Lipinski definition) is 6. The maximum absolute atomic E-state index is 12.5. The monoisotopic (exact) mass is 488 g/mol. The van der Waals surface area contributed by atoms with Crippen molar-refractivity contribution < 1.29 is 19.0 Å². The fraction of sp³-hybridized carbons (Fsp3) is 0.433. The Hall–Kier alpha value is -3.41. The number of aryl methyl sites for hydroxylation is 1. The number of carbonyl (C=O) groups is 1. The third-order valence-electron chi connectivity index (χ3n) is 6.46. The Morgan fingerprint density at radius 2 is 1.44 bits per heavy atom. The minimum atomic E-state index is -0.450. The van der Waals surface area contributed by atoms with Gasteiger partial charge in [-0.15, -0.1) is 0 Å². The molecule has 6 nitrogen and oxygen atoms in total. The molecule has 0 bridgehead atoms. The van der Waals surface area contributed by atoms with Crippen LogP contribution in [0.3, 0.4) is 0 Å². The van der Waals surface area contributed by atoms with E-state index in [9.17, 15) is 4.79 Å². The van der Waals surface area contributed by atoms with Crippen LogP contribution in [0.4, 0.5) is 0 Å². The van der Waals surface area contributed by atoms with E-state index in [0.717, 1.165) is 12.0 Å². The molecule has 36 heavy (non-hydrogen) atoms. The summed E-state index contributed by atoms with van der Waals surface area (Å²) in [5, 5.41) is 0. The third-order valence-corrected chi connectivity index (χ3v) is 6.46. The zero-order valence-corrected chi connectivity index (χ0v) is 21.2. The molecule has 1 aliphatic rings. The summed E-state index contributed by atoms with van der Waals surface area (Å²) in [6.07, 6.45) is 18.2. The molecule has 0 spiro atoms. The number of ether oxygens (including phenoxy) is 3. The summed E-state index contributed by atoms with van der Waals surface area (Å²) in [5.41, 5.74) is 2.46. The van der Waals surface area contributed by atoms with Crippen LogP contribution in [-0.2, 0) is 6.42 Å². The highest BCUT2D eigenvalue weighted by Crippen LogP contribution is 2.33. The van der Waals surface area contributed by atoms with E-state index in [1.807, 2.05) is 24.5 Å². The van der Waals surface area contributed by atoms with E-state index in [4.69, 9.17) is 14.2 Å². The number of benzene rings is 2. The summed E-state index contributed by atoms with van der Waals surface area (Å²) in [5.74, 6) is 1.85. The van der Waals surface area contributed by atoms with Crippen LogP contribution in [0.1, 0.15) is 87.1 Å². The first-order chi connectivity index (χ1) is 17.7. The van der Waals surface area contributed by atoms with Crippen LogP contribution in [0.5, 0.6) is 17.2 Å². The van der Waals surface area contributed by atoms with E-state index in [1.165, 1.54) is 69.8 Å². The van der Waals surface area contributed by atoms with Crippen LogP contribution in [0.2, 0.25) is 0 Å². The van der Waals surface area contributed by atoms with Crippen LogP contribution in [-0.4, -0.2) is 22.7 Å². The second kappa shape index (κ2) is 13.6. The molecule has 0 aliphatic carbocycles. The molecule has 2 aromatic carbocycles. The summed E-state index contributed by atoms with van der Waals surface area (Å²) in [6.45, 7) is 2.43. The van der Waals surface area contributed by atoms with Gasteiger partial charge in [0.2, 0.25) is 6.79 Å². The molecule has 0 atom stereocenters. The summed E-state index contributed by atoms with van der Waals surface area (Å²) < 4.78 is 16.1. The van der Waals surface area contributed by atoms with Crippen molar-refractivity contribution in [2.45, 2.75) is 77.6 Å². The fourth-order valence-corrected chi connectivity index (χ4v) is 4.31. The predicted octanol–water partition coefficient (Wildman–Crippen LogP) is 7.55. The van der Waals surface area contributed by atoms with Gasteiger partial charge in [0.05, 0.1) is 5.56 Å². The average molecular weight is 489 g/mol. The van der Waals surface area contributed by atoms with Crippen molar-refractivity contribution in [3.05, 3.63) is 66.0 Å². The van der Waals surface area contributed by atoms with Crippen molar-refractivity contribution >= 4 is 5.97 Å². The van der Waals surface area contributed by atoms with Gasteiger partial charge >= 0.3 is 5.97 Å². The first kappa shape index (κ1) is 25.7. The Balaban J connectivity index is 1.18. The first-order valence-corrected chi connectivity index (χ1v) is 13.3. The highest BCUT2D eigenvalue weighted by Gasteiger charge is 2.17. The van der Waals surface area contributed by atoms with Gasteiger partial charge in [-0.1, -0.05) is 64.7 Å². The molecule has 2 heterocycles. The highest BCUT2D eigenvalue weighted by atomic mass is 16.7. The average Bonchev–Trinajstić information content (AvgIpc) is 3.39. The van der Waals surface area contributed by atoms with E-state index in [2.05, 4.69) is 16.9 Å². The van der Waals surface area contributed by atoms with Crippen molar-refractivity contribution in [3.63, 3.8) is 0 Å². The lowest BCUT2D eigenvalue weighted by atomic mass is 10.0. The van der Waals surface area contributed by atoms with Crippen molar-refractivity contribution in [1.82, 2.24) is 9.97 Å². The Morgan fingerprint density at radius 3 is 2.14 bits per heavy atom. The number of carbonyl (C=O) groups excluding carboxylic acids is 1. The summed E-state index contributed by atoms with van der Waals surface area (Å²) in [6, 6.07) is 12.2. The molecule has 190 valence electrons. The SMILES string of the molecule is CCCCCCCCCCCCc1cnc(-c2ccc(OC(=O)c3ccc4c(c3)OCO4)cc2)nc1. The van der Waals surface area contributed by atoms with Gasteiger partial charge in [-0.25, -0.2) is 14.8 Å². The van der Waals surface area contributed by atoms with Crippen molar-refractivity contribution in [1.29, 1.82) is 0 Å². The maximum atomic E-state index is 12.5. The second-order valence-electron chi connectivity index (χ2n) is 9.33. The number of unbranched alkanes of at least 4 members (excludes halogenated alkanes) is 9. The van der Waals surface area contributed by atoms with E-state index >= 15 is 0 Å². The molecule has 0 N–H and O–H groups in total. The van der Waals surface area contributed by atoms with E-state index in [0.29, 0.717) is 28.6 Å². The normalized spacial score (nSPS) is 12.0. The quantitative estimate of drug-likeness (QED) is 0.132. The maximum Gasteiger partial charge on any atom is 0.343 e. The minimum Gasteiger partial charge on any atom is -0.454 e. The first-order valence-electron chi connectivity index (χ1n) is 13.3. The van der Waals surface area contributed by atoms with Crippen molar-refractivity contribution in [2.75, 3.05) is 6.79 Å². The number of aromatic nitrogens is 2. The molecule has 1 aromatic heterocycles. The van der Waals surface area contributed by atoms with Gasteiger partial charge in [0.15, 0.2) is 17.3 Å². The molecular formula is C30H36N2O4. The van der Waals surface area contributed by atoms with E-state index < -0.39 is 5.97 Å². The molecule has 0 unspecified atom stereocenters. The van der Waals surface area contributed by atoms with Gasteiger partial charge in [0.1, 0.15) is 5.75 Å². The molecular weight excluding hydrogens is 452 g/mol. The largest absolute Gasteiger partial charge is 0.454 e. The number of rotatable bonds is 14. The Bertz CT molecular complexity index is 1100. The molecule has 1 aliphatic heterocycles. The fourth-order valence-electron chi connectivity index (χ4n) is 4.31.